The fraction of sp³-hybridized carbons (Fsp3) is 0.0909. The molecule has 1 aromatic heterocycles. The lowest BCUT2D eigenvalue weighted by molar-refractivity contribution is -0.117. The molecule has 138 valence electrons. The Kier molecular flexibility index (Phi) is 4.93. The minimum atomic E-state index is -0.335. The number of carbonyl (C=O) groups excluding carboxylic acids is 1. The number of rotatable bonds is 5. The molecule has 0 saturated carbocycles. The van der Waals surface area contributed by atoms with Crippen molar-refractivity contribution in [2.24, 2.45) is 0 Å². The van der Waals surface area contributed by atoms with Gasteiger partial charge in [0.1, 0.15) is 12.1 Å². The largest absolute Gasteiger partial charge is 0.324 e. The third-order valence-corrected chi connectivity index (χ3v) is 4.45. The molecule has 0 bridgehead atoms. The molecule has 6 nitrogen and oxygen atoms in total. The van der Waals surface area contributed by atoms with Gasteiger partial charge in [-0.25, -0.2) is 4.68 Å². The molecule has 0 aliphatic carbocycles. The Morgan fingerprint density at radius 3 is 2.46 bits per heavy atom. The van der Waals surface area contributed by atoms with E-state index in [-0.39, 0.29) is 18.0 Å². The summed E-state index contributed by atoms with van der Waals surface area (Å²) in [6, 6.07) is 24.6. The molecule has 0 atom stereocenters. The van der Waals surface area contributed by atoms with E-state index < -0.39 is 0 Å². The van der Waals surface area contributed by atoms with Crippen LogP contribution in [0.15, 0.2) is 83.7 Å². The van der Waals surface area contributed by atoms with Gasteiger partial charge in [0.05, 0.1) is 5.39 Å². The molecule has 0 radical (unpaired) electrons. The standard InChI is InChI=1S/C22H18N4O2/c27-21(15-26-22(28)18-11-5-7-13-20(18)24-25-26)23-19-12-6-4-10-17(19)14-16-8-2-1-3-9-16/h1-13H,14-15H2,(H,23,27). The molecule has 0 fully saturated rings. The first kappa shape index (κ1) is 17.6. The van der Waals surface area contributed by atoms with E-state index in [2.05, 4.69) is 15.6 Å². The molecule has 6 heteroatoms. The maximum atomic E-state index is 12.5. The molecule has 1 amide bonds. The van der Waals surface area contributed by atoms with Crippen LogP contribution in [0.1, 0.15) is 11.1 Å². The second-order valence-corrected chi connectivity index (χ2v) is 6.44. The van der Waals surface area contributed by atoms with Crippen molar-refractivity contribution in [3.63, 3.8) is 0 Å². The van der Waals surface area contributed by atoms with Gasteiger partial charge >= 0.3 is 0 Å². The van der Waals surface area contributed by atoms with Crippen molar-refractivity contribution in [1.82, 2.24) is 15.0 Å². The maximum Gasteiger partial charge on any atom is 0.278 e. The van der Waals surface area contributed by atoms with Crippen molar-refractivity contribution in [3.05, 3.63) is 100 Å². The lowest BCUT2D eigenvalue weighted by Gasteiger charge is -2.11. The lowest BCUT2D eigenvalue weighted by Crippen LogP contribution is -2.30. The lowest BCUT2D eigenvalue weighted by atomic mass is 10.0. The zero-order valence-corrected chi connectivity index (χ0v) is 15.1. The number of fused-ring (bicyclic) bond motifs is 1. The number of nitrogens with zero attached hydrogens (tertiary/aromatic N) is 3. The van der Waals surface area contributed by atoms with Gasteiger partial charge in [-0.2, -0.15) is 0 Å². The summed E-state index contributed by atoms with van der Waals surface area (Å²) in [5, 5.41) is 11.2. The third kappa shape index (κ3) is 3.81. The predicted octanol–water partition coefficient (Wildman–Crippen LogP) is 3.02. The Labute approximate surface area is 161 Å². The number of amides is 1. The molecule has 1 heterocycles. The van der Waals surface area contributed by atoms with Crippen LogP contribution in [0.4, 0.5) is 5.69 Å². The average molecular weight is 370 g/mol. The van der Waals surface area contributed by atoms with E-state index in [0.717, 1.165) is 21.5 Å². The van der Waals surface area contributed by atoms with Gasteiger partial charge in [-0.3, -0.25) is 9.59 Å². The number of hydrogen-bond acceptors (Lipinski definition) is 4. The number of nitrogens with one attached hydrogen (secondary N) is 1. The normalized spacial score (nSPS) is 10.7. The van der Waals surface area contributed by atoms with Crippen molar-refractivity contribution >= 4 is 22.5 Å². The van der Waals surface area contributed by atoms with Crippen LogP contribution in [0.3, 0.4) is 0 Å². The number of para-hydroxylation sites is 1. The predicted molar refractivity (Wildman–Crippen MR) is 108 cm³/mol. The summed E-state index contributed by atoms with van der Waals surface area (Å²) in [7, 11) is 0. The van der Waals surface area contributed by atoms with Crippen LogP contribution in [-0.2, 0) is 17.8 Å². The van der Waals surface area contributed by atoms with Gasteiger partial charge in [-0.15, -0.1) is 5.10 Å². The van der Waals surface area contributed by atoms with Crippen LogP contribution >= 0.6 is 0 Å². The molecule has 1 N–H and O–H groups in total. The molecule has 0 unspecified atom stereocenters. The molecule has 4 aromatic rings. The molecule has 0 aliphatic heterocycles. The molecule has 0 spiro atoms. The first-order chi connectivity index (χ1) is 13.7. The van der Waals surface area contributed by atoms with Gasteiger partial charge in [0.2, 0.25) is 5.91 Å². The highest BCUT2D eigenvalue weighted by atomic mass is 16.2. The Hall–Kier alpha value is -3.80. The van der Waals surface area contributed by atoms with E-state index in [1.807, 2.05) is 54.6 Å². The number of anilines is 1. The topological polar surface area (TPSA) is 76.9 Å². The Morgan fingerprint density at radius 1 is 0.893 bits per heavy atom. The van der Waals surface area contributed by atoms with Gasteiger partial charge in [0, 0.05) is 5.69 Å². The molecule has 0 saturated heterocycles. The first-order valence-electron chi connectivity index (χ1n) is 8.95. The van der Waals surface area contributed by atoms with Crippen molar-refractivity contribution < 1.29 is 4.79 Å². The van der Waals surface area contributed by atoms with Gasteiger partial charge in [0.25, 0.3) is 5.56 Å². The zero-order valence-electron chi connectivity index (χ0n) is 15.1. The molecule has 4 rings (SSSR count). The summed E-state index contributed by atoms with van der Waals surface area (Å²) in [5.41, 5.74) is 3.05. The van der Waals surface area contributed by atoms with Crippen LogP contribution in [0.25, 0.3) is 10.9 Å². The van der Waals surface area contributed by atoms with Crippen LogP contribution in [0, 0.1) is 0 Å². The number of aromatic nitrogens is 3. The van der Waals surface area contributed by atoms with Crippen molar-refractivity contribution in [2.75, 3.05) is 5.32 Å². The number of carbonyl (C=O) groups is 1. The van der Waals surface area contributed by atoms with Crippen LogP contribution < -0.4 is 10.9 Å². The molecular formula is C22H18N4O2. The van der Waals surface area contributed by atoms with Gasteiger partial charge in [0.15, 0.2) is 0 Å². The Morgan fingerprint density at radius 2 is 1.61 bits per heavy atom. The second-order valence-electron chi connectivity index (χ2n) is 6.44. The van der Waals surface area contributed by atoms with E-state index in [1.165, 1.54) is 0 Å². The van der Waals surface area contributed by atoms with E-state index in [9.17, 15) is 9.59 Å². The van der Waals surface area contributed by atoms with Crippen LogP contribution in [0.2, 0.25) is 0 Å². The smallest absolute Gasteiger partial charge is 0.278 e. The van der Waals surface area contributed by atoms with Crippen molar-refractivity contribution in [2.45, 2.75) is 13.0 Å². The van der Waals surface area contributed by atoms with E-state index >= 15 is 0 Å². The highest BCUT2D eigenvalue weighted by Crippen LogP contribution is 2.19. The fourth-order valence-corrected chi connectivity index (χ4v) is 3.06. The summed E-state index contributed by atoms with van der Waals surface area (Å²) < 4.78 is 1.08. The fourth-order valence-electron chi connectivity index (χ4n) is 3.06. The quantitative estimate of drug-likeness (QED) is 0.586. The maximum absolute atomic E-state index is 12.5. The van der Waals surface area contributed by atoms with Crippen molar-refractivity contribution in [1.29, 1.82) is 0 Å². The summed E-state index contributed by atoms with van der Waals surface area (Å²) in [4.78, 5) is 25.0. The monoisotopic (exact) mass is 370 g/mol. The summed E-state index contributed by atoms with van der Waals surface area (Å²) in [6.45, 7) is -0.198. The number of benzene rings is 3. The number of hydrogen-bond donors (Lipinski definition) is 1. The van der Waals surface area contributed by atoms with E-state index in [0.29, 0.717) is 17.3 Å². The van der Waals surface area contributed by atoms with Gasteiger partial charge in [-0.1, -0.05) is 65.9 Å². The van der Waals surface area contributed by atoms with Crippen LogP contribution in [-0.4, -0.2) is 20.9 Å². The minimum absolute atomic E-state index is 0.198. The van der Waals surface area contributed by atoms with Crippen LogP contribution in [0.5, 0.6) is 0 Å². The molecular weight excluding hydrogens is 352 g/mol. The molecule has 3 aromatic carbocycles. The molecule has 28 heavy (non-hydrogen) atoms. The van der Waals surface area contributed by atoms with Gasteiger partial charge < -0.3 is 5.32 Å². The Balaban J connectivity index is 1.53. The second kappa shape index (κ2) is 7.84. The average Bonchev–Trinajstić information content (AvgIpc) is 2.72. The third-order valence-electron chi connectivity index (χ3n) is 4.45. The summed E-state index contributed by atoms with van der Waals surface area (Å²) >= 11 is 0. The van der Waals surface area contributed by atoms with E-state index in [4.69, 9.17) is 0 Å². The summed E-state index contributed by atoms with van der Waals surface area (Å²) in [5.74, 6) is -0.327. The summed E-state index contributed by atoms with van der Waals surface area (Å²) in [6.07, 6.45) is 0.701. The first-order valence-corrected chi connectivity index (χ1v) is 8.95. The SMILES string of the molecule is O=C(Cn1nnc2ccccc2c1=O)Nc1ccccc1Cc1ccccc1. The highest BCUT2D eigenvalue weighted by molar-refractivity contribution is 5.91. The van der Waals surface area contributed by atoms with E-state index in [1.54, 1.807) is 24.3 Å². The minimum Gasteiger partial charge on any atom is -0.324 e. The highest BCUT2D eigenvalue weighted by Gasteiger charge is 2.11. The van der Waals surface area contributed by atoms with Gasteiger partial charge in [-0.05, 0) is 35.7 Å². The molecule has 0 aliphatic rings. The zero-order chi connectivity index (χ0) is 19.3. The van der Waals surface area contributed by atoms with Crippen molar-refractivity contribution in [3.8, 4) is 0 Å². The Bertz CT molecular complexity index is 1190.